The number of hydrogen-bond donors (Lipinski definition) is 1. The van der Waals surface area contributed by atoms with Crippen molar-refractivity contribution in [1.82, 2.24) is 14.9 Å². The Morgan fingerprint density at radius 1 is 1.36 bits per heavy atom. The summed E-state index contributed by atoms with van der Waals surface area (Å²) in [6.07, 6.45) is 4.47. The molecule has 2 aromatic rings. The van der Waals surface area contributed by atoms with Crippen LogP contribution in [-0.4, -0.2) is 34.1 Å². The summed E-state index contributed by atoms with van der Waals surface area (Å²) >= 11 is 0. The number of nitrogens with one attached hydrogen (secondary N) is 1. The lowest BCUT2D eigenvalue weighted by molar-refractivity contribution is -0.123. The maximum atomic E-state index is 12.9. The van der Waals surface area contributed by atoms with E-state index in [1.807, 2.05) is 0 Å². The van der Waals surface area contributed by atoms with Gasteiger partial charge in [0.2, 0.25) is 11.6 Å². The van der Waals surface area contributed by atoms with Gasteiger partial charge in [0, 0.05) is 6.04 Å². The van der Waals surface area contributed by atoms with Crippen LogP contribution >= 0.6 is 0 Å². The largest absolute Gasteiger partial charge is 0.462 e. The highest BCUT2D eigenvalue weighted by Crippen LogP contribution is 2.29. The maximum absolute atomic E-state index is 12.9. The number of fused-ring (bicyclic) bond motifs is 1. The molecule has 0 radical (unpaired) electrons. The number of esters is 1. The Bertz CT molecular complexity index is 945. The molecule has 2 aromatic heterocycles. The standard InChI is InChI=1S/C20H27N3O5/c1-5-27-20(26)16-13(4)28-18-17(16)19(25)23(10-21-18)9-15(24)22-14-8-6-7-11(2)12(14)3/h10-12,14H,5-9H2,1-4H3,(H,22,24)/t11-,12+,14+/m0/s1. The SMILES string of the molecule is CCOC(=O)c1c(C)oc2ncn(CC(=O)N[C@@H]3CCC[C@H](C)[C@H]3C)c(=O)c12. The van der Waals surface area contributed by atoms with Crippen molar-refractivity contribution in [1.29, 1.82) is 0 Å². The fourth-order valence-electron chi connectivity index (χ4n) is 3.89. The predicted octanol–water partition coefficient (Wildman–Crippen LogP) is 2.42. The van der Waals surface area contributed by atoms with Gasteiger partial charge in [0.15, 0.2) is 0 Å². The van der Waals surface area contributed by atoms with E-state index in [4.69, 9.17) is 9.15 Å². The van der Waals surface area contributed by atoms with Gasteiger partial charge in [-0.1, -0.05) is 26.7 Å². The molecule has 2 heterocycles. The van der Waals surface area contributed by atoms with E-state index in [9.17, 15) is 14.4 Å². The number of hydrogen-bond acceptors (Lipinski definition) is 6. The zero-order valence-corrected chi connectivity index (χ0v) is 16.8. The predicted molar refractivity (Wildman–Crippen MR) is 103 cm³/mol. The minimum atomic E-state index is -0.634. The van der Waals surface area contributed by atoms with Crippen molar-refractivity contribution >= 4 is 23.0 Å². The second-order valence-corrected chi connectivity index (χ2v) is 7.55. The summed E-state index contributed by atoms with van der Waals surface area (Å²) in [6.45, 7) is 7.63. The molecule has 0 saturated heterocycles. The lowest BCUT2D eigenvalue weighted by atomic mass is 9.78. The lowest BCUT2D eigenvalue weighted by Crippen LogP contribution is -2.45. The van der Waals surface area contributed by atoms with Gasteiger partial charge in [-0.15, -0.1) is 0 Å². The number of aromatic nitrogens is 2. The fraction of sp³-hybridized carbons (Fsp3) is 0.600. The lowest BCUT2D eigenvalue weighted by Gasteiger charge is -2.34. The first-order valence-electron chi connectivity index (χ1n) is 9.78. The Kier molecular flexibility index (Phi) is 5.86. The summed E-state index contributed by atoms with van der Waals surface area (Å²) < 4.78 is 11.6. The zero-order valence-electron chi connectivity index (χ0n) is 16.8. The van der Waals surface area contributed by atoms with Gasteiger partial charge >= 0.3 is 5.97 Å². The molecular weight excluding hydrogens is 362 g/mol. The van der Waals surface area contributed by atoms with Crippen molar-refractivity contribution in [2.24, 2.45) is 11.8 Å². The van der Waals surface area contributed by atoms with Gasteiger partial charge in [0.05, 0.1) is 6.61 Å². The number of aryl methyl sites for hydroxylation is 1. The molecule has 1 saturated carbocycles. The van der Waals surface area contributed by atoms with Gasteiger partial charge in [-0.2, -0.15) is 0 Å². The molecule has 8 heteroatoms. The molecular formula is C20H27N3O5. The van der Waals surface area contributed by atoms with Crippen molar-refractivity contribution in [2.75, 3.05) is 6.61 Å². The number of ether oxygens (including phenoxy) is 1. The van der Waals surface area contributed by atoms with E-state index in [-0.39, 0.29) is 47.5 Å². The second-order valence-electron chi connectivity index (χ2n) is 7.55. The van der Waals surface area contributed by atoms with Crippen molar-refractivity contribution < 1.29 is 18.7 Å². The first-order chi connectivity index (χ1) is 13.3. The van der Waals surface area contributed by atoms with Crippen LogP contribution in [0.25, 0.3) is 11.1 Å². The molecule has 1 aliphatic rings. The highest BCUT2D eigenvalue weighted by atomic mass is 16.5. The number of rotatable bonds is 5. The van der Waals surface area contributed by atoms with Gasteiger partial charge in [-0.25, -0.2) is 9.78 Å². The van der Waals surface area contributed by atoms with Crippen LogP contribution in [0.3, 0.4) is 0 Å². The quantitative estimate of drug-likeness (QED) is 0.788. The Labute approximate surface area is 163 Å². The van der Waals surface area contributed by atoms with Crippen molar-refractivity contribution in [3.8, 4) is 0 Å². The Morgan fingerprint density at radius 3 is 2.82 bits per heavy atom. The molecule has 1 amide bonds. The number of carbonyl (C=O) groups excluding carboxylic acids is 2. The van der Waals surface area contributed by atoms with Gasteiger partial charge in [0.1, 0.15) is 29.6 Å². The minimum Gasteiger partial charge on any atom is -0.462 e. The molecule has 0 unspecified atom stereocenters. The highest BCUT2D eigenvalue weighted by Gasteiger charge is 2.29. The number of carbonyl (C=O) groups is 2. The van der Waals surface area contributed by atoms with E-state index < -0.39 is 11.5 Å². The second kappa shape index (κ2) is 8.16. The first-order valence-corrected chi connectivity index (χ1v) is 9.78. The van der Waals surface area contributed by atoms with Crippen molar-refractivity contribution in [3.63, 3.8) is 0 Å². The fourth-order valence-corrected chi connectivity index (χ4v) is 3.89. The molecule has 0 bridgehead atoms. The highest BCUT2D eigenvalue weighted by molar-refractivity contribution is 6.03. The van der Waals surface area contributed by atoms with E-state index in [0.717, 1.165) is 12.8 Å². The Balaban J connectivity index is 1.84. The Hall–Kier alpha value is -2.64. The first kappa shape index (κ1) is 20.1. The van der Waals surface area contributed by atoms with E-state index in [2.05, 4.69) is 24.1 Å². The molecule has 152 valence electrons. The molecule has 8 nitrogen and oxygen atoms in total. The van der Waals surface area contributed by atoms with Crippen LogP contribution in [-0.2, 0) is 16.1 Å². The third kappa shape index (κ3) is 3.81. The summed E-state index contributed by atoms with van der Waals surface area (Å²) in [5.41, 5.74) is -0.360. The number of furan rings is 1. The van der Waals surface area contributed by atoms with Gasteiger partial charge in [-0.3, -0.25) is 14.2 Å². The normalized spacial score (nSPS) is 22.2. The monoisotopic (exact) mass is 389 g/mol. The molecule has 1 aliphatic carbocycles. The molecule has 3 atom stereocenters. The summed E-state index contributed by atoms with van der Waals surface area (Å²) in [5.74, 6) is 0.338. The minimum absolute atomic E-state index is 0.0471. The van der Waals surface area contributed by atoms with Crippen LogP contribution in [0.5, 0.6) is 0 Å². The third-order valence-electron chi connectivity index (χ3n) is 5.70. The summed E-state index contributed by atoms with van der Waals surface area (Å²) in [7, 11) is 0. The Morgan fingerprint density at radius 2 is 2.11 bits per heavy atom. The van der Waals surface area contributed by atoms with E-state index >= 15 is 0 Å². The molecule has 1 N–H and O–H groups in total. The molecule has 3 rings (SSSR count). The topological polar surface area (TPSA) is 103 Å². The molecule has 0 aromatic carbocycles. The molecule has 0 spiro atoms. The van der Waals surface area contributed by atoms with Crippen LogP contribution in [0.2, 0.25) is 0 Å². The number of nitrogens with zero attached hydrogens (tertiary/aromatic N) is 2. The smallest absolute Gasteiger partial charge is 0.342 e. The van der Waals surface area contributed by atoms with Crippen molar-refractivity contribution in [3.05, 3.63) is 28.0 Å². The van der Waals surface area contributed by atoms with Crippen molar-refractivity contribution in [2.45, 2.75) is 59.5 Å². The van der Waals surface area contributed by atoms with Gasteiger partial charge in [0.25, 0.3) is 5.56 Å². The molecule has 28 heavy (non-hydrogen) atoms. The van der Waals surface area contributed by atoms with E-state index in [0.29, 0.717) is 11.8 Å². The van der Waals surface area contributed by atoms with Crippen LogP contribution < -0.4 is 10.9 Å². The average molecular weight is 389 g/mol. The zero-order chi connectivity index (χ0) is 20.4. The maximum Gasteiger partial charge on any atom is 0.342 e. The summed E-state index contributed by atoms with van der Waals surface area (Å²) in [6, 6.07) is 0.106. The molecule has 0 aliphatic heterocycles. The molecule has 1 fully saturated rings. The average Bonchev–Trinajstić information content (AvgIpc) is 2.98. The van der Waals surface area contributed by atoms with E-state index in [1.165, 1.54) is 17.3 Å². The summed E-state index contributed by atoms with van der Waals surface area (Å²) in [5, 5.41) is 3.09. The van der Waals surface area contributed by atoms with E-state index in [1.54, 1.807) is 13.8 Å². The van der Waals surface area contributed by atoms with Crippen LogP contribution in [0, 0.1) is 18.8 Å². The van der Waals surface area contributed by atoms with Crippen LogP contribution in [0.4, 0.5) is 0 Å². The van der Waals surface area contributed by atoms with Gasteiger partial charge in [-0.05, 0) is 32.1 Å². The third-order valence-corrected chi connectivity index (χ3v) is 5.70. The van der Waals surface area contributed by atoms with Crippen LogP contribution in [0.15, 0.2) is 15.5 Å². The van der Waals surface area contributed by atoms with Crippen LogP contribution in [0.1, 0.15) is 56.2 Å². The number of amides is 1. The summed E-state index contributed by atoms with van der Waals surface area (Å²) in [4.78, 5) is 41.7. The van der Waals surface area contributed by atoms with Gasteiger partial charge < -0.3 is 14.5 Å².